The molecule has 2 aromatic carbocycles. The second-order valence-corrected chi connectivity index (χ2v) is 6.09. The topological polar surface area (TPSA) is 57.4 Å². The maximum atomic E-state index is 12.4. The first-order valence-corrected chi connectivity index (χ1v) is 8.60. The number of benzene rings is 2. The Hall–Kier alpha value is -2.77. The quantitative estimate of drug-likeness (QED) is 0.570. The van der Waals surface area contributed by atoms with Gasteiger partial charge >= 0.3 is 6.18 Å². The van der Waals surface area contributed by atoms with Crippen molar-refractivity contribution < 1.29 is 22.6 Å². The monoisotopic (exact) mass is 424 g/mol. The molecule has 0 saturated carbocycles. The van der Waals surface area contributed by atoms with E-state index >= 15 is 0 Å². The number of aromatic nitrogens is 1. The van der Waals surface area contributed by atoms with Gasteiger partial charge in [0.15, 0.2) is 6.61 Å². The Kier molecular flexibility index (Phi) is 7.87. The fourth-order valence-electron chi connectivity index (χ4n) is 2.61. The van der Waals surface area contributed by atoms with Crippen molar-refractivity contribution in [3.05, 3.63) is 78.0 Å². The third-order valence-electron chi connectivity index (χ3n) is 3.98. The smallest absolute Gasteiger partial charge is 0.422 e. The Morgan fingerprint density at radius 1 is 0.931 bits per heavy atom. The summed E-state index contributed by atoms with van der Waals surface area (Å²) in [4.78, 5) is 4.28. The molecule has 1 heterocycles. The van der Waals surface area contributed by atoms with Crippen LogP contribution in [0.5, 0.6) is 11.6 Å². The number of halogens is 4. The molecule has 0 fully saturated rings. The predicted octanol–water partition coefficient (Wildman–Crippen LogP) is 5.15. The van der Waals surface area contributed by atoms with Crippen LogP contribution in [-0.4, -0.2) is 17.8 Å². The molecule has 0 bridgehead atoms. The molecule has 154 valence electrons. The van der Waals surface area contributed by atoms with Crippen LogP contribution in [0.3, 0.4) is 0 Å². The molecule has 0 spiro atoms. The van der Waals surface area contributed by atoms with Crippen molar-refractivity contribution in [2.75, 3.05) is 6.61 Å². The third kappa shape index (κ3) is 6.66. The molecule has 3 rings (SSSR count). The second kappa shape index (κ2) is 10.1. The maximum absolute atomic E-state index is 12.4. The molecule has 0 aliphatic heterocycles. The molecule has 0 atom stereocenters. The standard InChI is InChI=1S/C21H19F3N2O2.ClH/c22-21(23,24)14-28-18-8-6-16(11-25)19(10-18)17-7-9-20(26-12-17)27-13-15-4-2-1-3-5-15;/h1-10,12H,11,13-14,25H2;1H. The minimum atomic E-state index is -4.40. The molecule has 0 saturated heterocycles. The highest BCUT2D eigenvalue weighted by Crippen LogP contribution is 2.29. The summed E-state index contributed by atoms with van der Waals surface area (Å²) in [5, 5.41) is 0. The number of alkyl halides is 3. The second-order valence-electron chi connectivity index (χ2n) is 6.09. The number of hydrogen-bond acceptors (Lipinski definition) is 4. The summed E-state index contributed by atoms with van der Waals surface area (Å²) in [7, 11) is 0. The van der Waals surface area contributed by atoms with Gasteiger partial charge in [0.1, 0.15) is 12.4 Å². The molecule has 3 aromatic rings. The van der Waals surface area contributed by atoms with Crippen molar-refractivity contribution in [3.8, 4) is 22.8 Å². The largest absolute Gasteiger partial charge is 0.484 e. The number of ether oxygens (including phenoxy) is 2. The molecular weight excluding hydrogens is 405 g/mol. The maximum Gasteiger partial charge on any atom is 0.422 e. The van der Waals surface area contributed by atoms with Crippen LogP contribution < -0.4 is 15.2 Å². The van der Waals surface area contributed by atoms with Crippen LogP contribution in [0.2, 0.25) is 0 Å². The normalized spacial score (nSPS) is 10.9. The van der Waals surface area contributed by atoms with Crippen molar-refractivity contribution in [2.45, 2.75) is 19.3 Å². The van der Waals surface area contributed by atoms with Crippen molar-refractivity contribution in [2.24, 2.45) is 5.73 Å². The van der Waals surface area contributed by atoms with Gasteiger partial charge in [-0.15, -0.1) is 12.4 Å². The minimum Gasteiger partial charge on any atom is -0.484 e. The van der Waals surface area contributed by atoms with E-state index in [1.54, 1.807) is 24.4 Å². The van der Waals surface area contributed by atoms with Crippen LogP contribution in [-0.2, 0) is 13.2 Å². The van der Waals surface area contributed by atoms with Crippen LogP contribution in [0.25, 0.3) is 11.1 Å². The summed E-state index contributed by atoms with van der Waals surface area (Å²) in [6.07, 6.45) is -2.80. The lowest BCUT2D eigenvalue weighted by Crippen LogP contribution is -2.19. The van der Waals surface area contributed by atoms with E-state index in [1.165, 1.54) is 12.1 Å². The molecular formula is C21H20ClF3N2O2. The zero-order valence-electron chi connectivity index (χ0n) is 15.4. The summed E-state index contributed by atoms with van der Waals surface area (Å²) < 4.78 is 47.6. The highest BCUT2D eigenvalue weighted by Gasteiger charge is 2.28. The van der Waals surface area contributed by atoms with Gasteiger partial charge in [-0.05, 0) is 34.9 Å². The molecule has 0 amide bonds. The first kappa shape index (κ1) is 22.5. The number of nitrogens with zero attached hydrogens (tertiary/aromatic N) is 1. The van der Waals surface area contributed by atoms with E-state index in [9.17, 15) is 13.2 Å². The van der Waals surface area contributed by atoms with Crippen molar-refractivity contribution in [1.82, 2.24) is 4.98 Å². The van der Waals surface area contributed by atoms with E-state index in [4.69, 9.17) is 15.2 Å². The van der Waals surface area contributed by atoms with Gasteiger partial charge in [-0.25, -0.2) is 4.98 Å². The minimum absolute atomic E-state index is 0. The fraction of sp³-hybridized carbons (Fsp3) is 0.190. The molecule has 0 unspecified atom stereocenters. The zero-order chi connectivity index (χ0) is 20.0. The summed E-state index contributed by atoms with van der Waals surface area (Å²) in [6, 6.07) is 17.9. The van der Waals surface area contributed by atoms with Gasteiger partial charge < -0.3 is 15.2 Å². The summed E-state index contributed by atoms with van der Waals surface area (Å²) >= 11 is 0. The highest BCUT2D eigenvalue weighted by molar-refractivity contribution is 5.85. The Morgan fingerprint density at radius 2 is 1.69 bits per heavy atom. The lowest BCUT2D eigenvalue weighted by atomic mass is 10.0. The van der Waals surface area contributed by atoms with Gasteiger partial charge in [0.25, 0.3) is 0 Å². The summed E-state index contributed by atoms with van der Waals surface area (Å²) in [5.74, 6) is 0.570. The van der Waals surface area contributed by atoms with Gasteiger partial charge in [0.05, 0.1) is 0 Å². The van der Waals surface area contributed by atoms with Gasteiger partial charge in [-0.3, -0.25) is 0 Å². The Labute approximate surface area is 172 Å². The zero-order valence-corrected chi connectivity index (χ0v) is 16.2. The molecule has 4 nitrogen and oxygen atoms in total. The van der Waals surface area contributed by atoms with Crippen LogP contribution in [0.1, 0.15) is 11.1 Å². The van der Waals surface area contributed by atoms with E-state index in [0.717, 1.165) is 11.1 Å². The Balaban J connectivity index is 0.00000300. The van der Waals surface area contributed by atoms with Crippen molar-refractivity contribution >= 4 is 12.4 Å². The molecule has 8 heteroatoms. The van der Waals surface area contributed by atoms with Gasteiger partial charge in [-0.1, -0.05) is 36.4 Å². The number of nitrogens with two attached hydrogens (primary N) is 1. The first-order chi connectivity index (χ1) is 13.4. The van der Waals surface area contributed by atoms with E-state index < -0.39 is 12.8 Å². The molecule has 2 N–H and O–H groups in total. The van der Waals surface area contributed by atoms with Gasteiger partial charge in [0.2, 0.25) is 5.88 Å². The molecule has 0 aliphatic rings. The van der Waals surface area contributed by atoms with E-state index in [2.05, 4.69) is 4.98 Å². The van der Waals surface area contributed by atoms with Crippen LogP contribution in [0.4, 0.5) is 13.2 Å². The first-order valence-electron chi connectivity index (χ1n) is 8.60. The molecule has 29 heavy (non-hydrogen) atoms. The lowest BCUT2D eigenvalue weighted by Gasteiger charge is -2.13. The average molecular weight is 425 g/mol. The summed E-state index contributed by atoms with van der Waals surface area (Å²) in [6.45, 7) is -0.720. The van der Waals surface area contributed by atoms with Gasteiger partial charge in [-0.2, -0.15) is 13.2 Å². The van der Waals surface area contributed by atoms with Crippen LogP contribution >= 0.6 is 12.4 Å². The Morgan fingerprint density at radius 3 is 2.31 bits per heavy atom. The fourth-order valence-corrected chi connectivity index (χ4v) is 2.61. The predicted molar refractivity (Wildman–Crippen MR) is 107 cm³/mol. The number of rotatable bonds is 7. The van der Waals surface area contributed by atoms with E-state index in [1.807, 2.05) is 30.3 Å². The van der Waals surface area contributed by atoms with Crippen molar-refractivity contribution in [3.63, 3.8) is 0 Å². The Bertz CT molecular complexity index is 904. The SMILES string of the molecule is Cl.NCc1ccc(OCC(F)(F)F)cc1-c1ccc(OCc2ccccc2)nc1. The molecule has 1 aromatic heterocycles. The lowest BCUT2D eigenvalue weighted by molar-refractivity contribution is -0.153. The third-order valence-corrected chi connectivity index (χ3v) is 3.98. The molecule has 0 radical (unpaired) electrons. The van der Waals surface area contributed by atoms with E-state index in [0.29, 0.717) is 23.6 Å². The summed E-state index contributed by atoms with van der Waals surface area (Å²) in [5.41, 5.74) is 8.94. The highest BCUT2D eigenvalue weighted by atomic mass is 35.5. The van der Waals surface area contributed by atoms with Gasteiger partial charge in [0, 0.05) is 24.4 Å². The van der Waals surface area contributed by atoms with Crippen molar-refractivity contribution in [1.29, 1.82) is 0 Å². The number of hydrogen-bond donors (Lipinski definition) is 1. The van der Waals surface area contributed by atoms with Crippen LogP contribution in [0, 0.1) is 0 Å². The molecule has 0 aliphatic carbocycles. The van der Waals surface area contributed by atoms with Crippen LogP contribution in [0.15, 0.2) is 66.9 Å². The van der Waals surface area contributed by atoms with E-state index in [-0.39, 0.29) is 24.7 Å². The number of pyridine rings is 1. The average Bonchev–Trinajstić information content (AvgIpc) is 2.71.